The predicted molar refractivity (Wildman–Crippen MR) is 66.0 cm³/mol. The van der Waals surface area contributed by atoms with E-state index in [4.69, 9.17) is 28.3 Å². The highest BCUT2D eigenvalue weighted by molar-refractivity contribution is 6.50. The molecular weight excluding hydrogens is 281 g/mol. The minimum atomic E-state index is -1.18. The molecule has 1 saturated carbocycles. The molecule has 2 rings (SSSR count). The van der Waals surface area contributed by atoms with Crippen molar-refractivity contribution < 1.29 is 14.7 Å². The van der Waals surface area contributed by atoms with Crippen LogP contribution >= 0.6 is 23.2 Å². The number of nitrogens with zero attached hydrogens (tertiary/aromatic N) is 1. The van der Waals surface area contributed by atoms with Gasteiger partial charge in [-0.05, 0) is 18.8 Å². The molecule has 98 valence electrons. The maximum Gasteiger partial charge on any atom is 0.356 e. The van der Waals surface area contributed by atoms with Gasteiger partial charge in [-0.25, -0.2) is 4.79 Å². The largest absolute Gasteiger partial charge is 0.476 e. The number of carbonyl (C=O) groups is 2. The molecule has 1 aliphatic carbocycles. The third-order valence-corrected chi connectivity index (χ3v) is 3.73. The van der Waals surface area contributed by atoms with Crippen LogP contribution in [0.2, 0.25) is 0 Å². The first-order chi connectivity index (χ1) is 8.40. The highest BCUT2D eigenvalue weighted by Gasteiger charge is 2.50. The Balaban J connectivity index is 1.84. The zero-order valence-corrected chi connectivity index (χ0v) is 10.8. The fraction of sp³-hybridized carbons (Fsp3) is 0.500. The van der Waals surface area contributed by atoms with Crippen molar-refractivity contribution >= 4 is 40.8 Å². The van der Waals surface area contributed by atoms with Crippen LogP contribution in [0.5, 0.6) is 0 Å². The van der Waals surface area contributed by atoms with Gasteiger partial charge in [0.2, 0.25) is 5.91 Å². The van der Waals surface area contributed by atoms with Crippen LogP contribution in [0.1, 0.15) is 29.8 Å². The van der Waals surface area contributed by atoms with E-state index in [9.17, 15) is 9.59 Å². The fourth-order valence-electron chi connectivity index (χ4n) is 1.64. The van der Waals surface area contributed by atoms with E-state index in [1.165, 1.54) is 6.20 Å². The van der Waals surface area contributed by atoms with Crippen LogP contribution in [0.25, 0.3) is 0 Å². The quantitative estimate of drug-likeness (QED) is 0.723. The number of aromatic nitrogens is 2. The van der Waals surface area contributed by atoms with Crippen LogP contribution in [0.4, 0.5) is 5.69 Å². The third-order valence-electron chi connectivity index (χ3n) is 2.80. The molecular formula is C10H11Cl2N3O3. The Morgan fingerprint density at radius 3 is 2.83 bits per heavy atom. The second kappa shape index (κ2) is 4.78. The number of alkyl halides is 2. The standard InChI is InChI=1S/C10H11Cl2N3O3/c11-10(12)3-5(10)1-2-7(16)14-6-4-13-15-8(6)9(17)18/h4-5H,1-3H2,(H,13,15)(H,14,16)(H,17,18). The summed E-state index contributed by atoms with van der Waals surface area (Å²) in [6.07, 6.45) is 2.77. The molecule has 0 bridgehead atoms. The van der Waals surface area contributed by atoms with E-state index in [1.807, 2.05) is 0 Å². The van der Waals surface area contributed by atoms with Crippen molar-refractivity contribution in [3.05, 3.63) is 11.9 Å². The number of nitrogens with one attached hydrogen (secondary N) is 2. The number of hydrogen-bond acceptors (Lipinski definition) is 3. The maximum absolute atomic E-state index is 11.6. The van der Waals surface area contributed by atoms with Crippen molar-refractivity contribution in [2.75, 3.05) is 5.32 Å². The second-order valence-corrected chi connectivity index (χ2v) is 5.76. The molecule has 18 heavy (non-hydrogen) atoms. The normalized spacial score (nSPS) is 20.4. The Labute approximate surface area is 113 Å². The van der Waals surface area contributed by atoms with Crippen LogP contribution < -0.4 is 5.32 Å². The van der Waals surface area contributed by atoms with Gasteiger partial charge in [0.15, 0.2) is 5.69 Å². The molecule has 0 aromatic carbocycles. The first-order valence-corrected chi connectivity index (χ1v) is 6.10. The van der Waals surface area contributed by atoms with E-state index >= 15 is 0 Å². The Hall–Kier alpha value is -1.27. The molecule has 1 aromatic heterocycles. The van der Waals surface area contributed by atoms with Gasteiger partial charge in [-0.3, -0.25) is 9.89 Å². The lowest BCUT2D eigenvalue weighted by molar-refractivity contribution is -0.116. The van der Waals surface area contributed by atoms with E-state index < -0.39 is 10.3 Å². The first kappa shape index (κ1) is 13.2. The summed E-state index contributed by atoms with van der Waals surface area (Å²) in [4.78, 5) is 22.4. The fourth-order valence-corrected chi connectivity index (χ4v) is 2.24. The molecule has 0 saturated heterocycles. The van der Waals surface area contributed by atoms with Gasteiger partial charge in [-0.15, -0.1) is 23.2 Å². The number of rotatable bonds is 5. The van der Waals surface area contributed by atoms with E-state index in [0.29, 0.717) is 12.8 Å². The number of anilines is 1. The molecule has 1 fully saturated rings. The molecule has 6 nitrogen and oxygen atoms in total. The summed E-state index contributed by atoms with van der Waals surface area (Å²) in [5.41, 5.74) is 0.0186. The number of carboxylic acids is 1. The highest BCUT2D eigenvalue weighted by atomic mass is 35.5. The van der Waals surface area contributed by atoms with Gasteiger partial charge >= 0.3 is 5.97 Å². The average molecular weight is 292 g/mol. The number of aromatic amines is 1. The average Bonchev–Trinajstić information content (AvgIpc) is 2.71. The monoisotopic (exact) mass is 291 g/mol. The SMILES string of the molecule is O=C(CCC1CC1(Cl)Cl)Nc1cn[nH]c1C(=O)O. The van der Waals surface area contributed by atoms with Crippen molar-refractivity contribution in [3.63, 3.8) is 0 Å². The number of hydrogen-bond donors (Lipinski definition) is 3. The number of amides is 1. The van der Waals surface area contributed by atoms with Gasteiger partial charge in [0, 0.05) is 6.42 Å². The number of halogens is 2. The van der Waals surface area contributed by atoms with Crippen LogP contribution in [-0.4, -0.2) is 31.5 Å². The lowest BCUT2D eigenvalue weighted by atomic mass is 10.2. The summed E-state index contributed by atoms with van der Waals surface area (Å²) in [6.45, 7) is 0. The summed E-state index contributed by atoms with van der Waals surface area (Å²) in [5, 5.41) is 17.1. The molecule has 1 heterocycles. The number of carboxylic acid groups (broad SMARTS) is 1. The zero-order chi connectivity index (χ0) is 13.3. The predicted octanol–water partition coefficient (Wildman–Crippen LogP) is 2.02. The van der Waals surface area contributed by atoms with E-state index in [-0.39, 0.29) is 29.6 Å². The van der Waals surface area contributed by atoms with Crippen molar-refractivity contribution in [1.82, 2.24) is 10.2 Å². The van der Waals surface area contributed by atoms with Crippen molar-refractivity contribution in [1.29, 1.82) is 0 Å². The topological polar surface area (TPSA) is 95.1 Å². The van der Waals surface area contributed by atoms with Crippen molar-refractivity contribution in [2.45, 2.75) is 23.6 Å². The minimum Gasteiger partial charge on any atom is -0.476 e. The summed E-state index contributed by atoms with van der Waals surface area (Å²) in [6, 6.07) is 0. The molecule has 1 atom stereocenters. The Morgan fingerprint density at radius 2 is 2.28 bits per heavy atom. The second-order valence-electron chi connectivity index (χ2n) is 4.21. The van der Waals surface area contributed by atoms with Crippen molar-refractivity contribution in [3.8, 4) is 0 Å². The molecule has 1 aromatic rings. The number of aromatic carboxylic acids is 1. The highest BCUT2D eigenvalue weighted by Crippen LogP contribution is 2.55. The van der Waals surface area contributed by atoms with Gasteiger partial charge in [0.05, 0.1) is 11.9 Å². The first-order valence-electron chi connectivity index (χ1n) is 5.34. The maximum atomic E-state index is 11.6. The Morgan fingerprint density at radius 1 is 1.61 bits per heavy atom. The van der Waals surface area contributed by atoms with Gasteiger partial charge in [0.1, 0.15) is 4.33 Å². The minimum absolute atomic E-state index is 0.134. The van der Waals surface area contributed by atoms with Crippen LogP contribution in [0.15, 0.2) is 6.20 Å². The lowest BCUT2D eigenvalue weighted by Crippen LogP contribution is -2.14. The van der Waals surface area contributed by atoms with E-state index in [1.54, 1.807) is 0 Å². The molecule has 0 aliphatic heterocycles. The van der Waals surface area contributed by atoms with Crippen LogP contribution in [0.3, 0.4) is 0 Å². The molecule has 1 amide bonds. The molecule has 1 aliphatic rings. The van der Waals surface area contributed by atoms with Gasteiger partial charge in [0.25, 0.3) is 0 Å². The number of carbonyl (C=O) groups excluding carboxylic acids is 1. The smallest absolute Gasteiger partial charge is 0.356 e. The summed E-state index contributed by atoms with van der Waals surface area (Å²) in [5.74, 6) is -1.32. The molecule has 8 heteroatoms. The van der Waals surface area contributed by atoms with E-state index in [2.05, 4.69) is 15.5 Å². The van der Waals surface area contributed by atoms with Gasteiger partial charge in [-0.1, -0.05) is 0 Å². The summed E-state index contributed by atoms with van der Waals surface area (Å²) in [7, 11) is 0. The molecule has 0 radical (unpaired) electrons. The van der Waals surface area contributed by atoms with Crippen LogP contribution in [0, 0.1) is 5.92 Å². The zero-order valence-electron chi connectivity index (χ0n) is 9.24. The number of H-pyrrole nitrogens is 1. The van der Waals surface area contributed by atoms with Crippen LogP contribution in [-0.2, 0) is 4.79 Å². The van der Waals surface area contributed by atoms with E-state index in [0.717, 1.165) is 0 Å². The third kappa shape index (κ3) is 2.94. The lowest BCUT2D eigenvalue weighted by Gasteiger charge is -2.03. The van der Waals surface area contributed by atoms with Gasteiger partial charge < -0.3 is 10.4 Å². The summed E-state index contributed by atoms with van der Waals surface area (Å²) >= 11 is 11.7. The Bertz CT molecular complexity index is 486. The van der Waals surface area contributed by atoms with Gasteiger partial charge in [-0.2, -0.15) is 5.10 Å². The molecule has 3 N–H and O–H groups in total. The van der Waals surface area contributed by atoms with Crippen molar-refractivity contribution in [2.24, 2.45) is 5.92 Å². The summed E-state index contributed by atoms with van der Waals surface area (Å²) < 4.78 is -0.692. The Kier molecular flexibility index (Phi) is 3.49. The molecule has 0 spiro atoms. The molecule has 1 unspecified atom stereocenters.